The number of amidine groups is 2. The molecule has 33 heavy (non-hydrogen) atoms. The van der Waals surface area contributed by atoms with Crippen molar-refractivity contribution in [3.63, 3.8) is 0 Å². The van der Waals surface area contributed by atoms with Gasteiger partial charge in [-0.2, -0.15) is 0 Å². The molecule has 0 saturated heterocycles. The number of halogens is 1. The molecule has 4 aromatic rings. The summed E-state index contributed by atoms with van der Waals surface area (Å²) >= 11 is 3.50. The van der Waals surface area contributed by atoms with Crippen molar-refractivity contribution < 1.29 is 0 Å². The Kier molecular flexibility index (Phi) is 8.96. The quantitative estimate of drug-likeness (QED) is 0.276. The average Bonchev–Trinajstić information content (AvgIpc) is 2.88. The van der Waals surface area contributed by atoms with Crippen molar-refractivity contribution in [2.45, 2.75) is 26.9 Å². The Balaban J connectivity index is 0.000000212. The summed E-state index contributed by atoms with van der Waals surface area (Å²) in [5, 5.41) is 2.62. The molecule has 1 heterocycles. The number of fused-ring (bicyclic) bond motifs is 1. The van der Waals surface area contributed by atoms with Gasteiger partial charge in [0.1, 0.15) is 12.0 Å². The molecule has 0 saturated carbocycles. The fraction of sp³-hybridized carbons (Fsp3) is 0.172. The molecule has 168 valence electrons. The third-order valence-electron chi connectivity index (χ3n) is 5.19. The zero-order chi connectivity index (χ0) is 23.6. The number of aliphatic imine (C=N–C) groups is 2. The number of rotatable bonds is 2. The van der Waals surface area contributed by atoms with Crippen LogP contribution in [0.5, 0.6) is 0 Å². The molecule has 0 spiro atoms. The van der Waals surface area contributed by atoms with Gasteiger partial charge in [-0.25, -0.2) is 9.98 Å². The van der Waals surface area contributed by atoms with Crippen molar-refractivity contribution in [3.05, 3.63) is 119 Å². The summed E-state index contributed by atoms with van der Waals surface area (Å²) in [5.41, 5.74) is 2.13. The Morgan fingerprint density at radius 3 is 1.76 bits per heavy atom. The molecule has 0 N–H and O–H groups in total. The molecule has 3 nitrogen and oxygen atoms in total. The van der Waals surface area contributed by atoms with Crippen LogP contribution in [0.25, 0.3) is 10.8 Å². The van der Waals surface area contributed by atoms with Gasteiger partial charge in [0.05, 0.1) is 0 Å². The van der Waals surface area contributed by atoms with Gasteiger partial charge in [-0.3, -0.25) is 0 Å². The Morgan fingerprint density at radius 1 is 0.697 bits per heavy atom. The molecule has 0 amide bonds. The van der Waals surface area contributed by atoms with Gasteiger partial charge in [-0.15, -0.1) is 0 Å². The van der Waals surface area contributed by atoms with Crippen molar-refractivity contribution in [2.75, 3.05) is 7.05 Å². The third-order valence-corrected chi connectivity index (χ3v) is 5.68. The molecular formula is C29H30BrN3. The Bertz CT molecular complexity index is 1170. The van der Waals surface area contributed by atoms with E-state index < -0.39 is 0 Å². The molecule has 0 fully saturated rings. The van der Waals surface area contributed by atoms with Gasteiger partial charge in [0.15, 0.2) is 5.84 Å². The number of hydrogen-bond donors (Lipinski definition) is 0. The molecule has 1 unspecified atom stereocenters. The summed E-state index contributed by atoms with van der Waals surface area (Å²) in [7, 11) is 2.03. The van der Waals surface area contributed by atoms with E-state index in [1.807, 2.05) is 63.4 Å². The van der Waals surface area contributed by atoms with Gasteiger partial charge in [0.25, 0.3) is 0 Å². The normalized spacial score (nSPS) is 14.8. The second-order valence-electron chi connectivity index (χ2n) is 7.35. The predicted molar refractivity (Wildman–Crippen MR) is 146 cm³/mol. The lowest BCUT2D eigenvalue weighted by molar-refractivity contribution is 0.398. The highest BCUT2D eigenvalue weighted by Gasteiger charge is 2.21. The van der Waals surface area contributed by atoms with Gasteiger partial charge in [-0.05, 0) is 29.8 Å². The number of hydrogen-bond acceptors (Lipinski definition) is 3. The molecule has 0 radical (unpaired) electrons. The van der Waals surface area contributed by atoms with Crippen LogP contribution in [-0.2, 0) is 0 Å². The molecule has 0 aromatic heterocycles. The Hall–Kier alpha value is -3.24. The van der Waals surface area contributed by atoms with Crippen LogP contribution in [0.1, 0.15) is 31.9 Å². The van der Waals surface area contributed by atoms with E-state index in [0.717, 1.165) is 27.3 Å². The van der Waals surface area contributed by atoms with Gasteiger partial charge in [0, 0.05) is 22.6 Å². The van der Waals surface area contributed by atoms with E-state index in [4.69, 9.17) is 4.99 Å². The Morgan fingerprint density at radius 2 is 1.21 bits per heavy atom. The molecule has 4 heteroatoms. The van der Waals surface area contributed by atoms with E-state index in [1.54, 1.807) is 0 Å². The van der Waals surface area contributed by atoms with E-state index >= 15 is 0 Å². The maximum Gasteiger partial charge on any atom is 0.159 e. The van der Waals surface area contributed by atoms with Crippen molar-refractivity contribution in [2.24, 2.45) is 9.98 Å². The summed E-state index contributed by atoms with van der Waals surface area (Å²) in [6.45, 7) is 6.08. The first-order valence-electron chi connectivity index (χ1n) is 11.3. The van der Waals surface area contributed by atoms with Crippen molar-refractivity contribution in [1.82, 2.24) is 4.90 Å². The summed E-state index contributed by atoms with van der Waals surface area (Å²) in [6.07, 6.45) is 0.0617. The van der Waals surface area contributed by atoms with Crippen LogP contribution in [-0.4, -0.2) is 29.8 Å². The van der Waals surface area contributed by atoms with Crippen molar-refractivity contribution >= 4 is 38.4 Å². The lowest BCUT2D eigenvalue weighted by Gasteiger charge is -2.29. The zero-order valence-corrected chi connectivity index (χ0v) is 21.2. The maximum absolute atomic E-state index is 4.77. The molecule has 5 rings (SSSR count). The fourth-order valence-corrected chi connectivity index (χ4v) is 3.80. The first-order valence-corrected chi connectivity index (χ1v) is 12.1. The van der Waals surface area contributed by atoms with E-state index in [2.05, 4.69) is 93.4 Å². The minimum atomic E-state index is 0.0617. The maximum atomic E-state index is 4.77. The van der Waals surface area contributed by atoms with Gasteiger partial charge >= 0.3 is 0 Å². The molecule has 1 atom stereocenters. The lowest BCUT2D eigenvalue weighted by Crippen LogP contribution is -2.38. The molecule has 4 aromatic carbocycles. The number of benzene rings is 4. The highest BCUT2D eigenvalue weighted by Crippen LogP contribution is 2.19. The molecular weight excluding hydrogens is 470 g/mol. The Labute approximate surface area is 205 Å². The van der Waals surface area contributed by atoms with Crippen molar-refractivity contribution in [3.8, 4) is 0 Å². The minimum absolute atomic E-state index is 0.0617. The van der Waals surface area contributed by atoms with Crippen LogP contribution in [0.2, 0.25) is 0 Å². The van der Waals surface area contributed by atoms with E-state index in [9.17, 15) is 0 Å². The summed E-state index contributed by atoms with van der Waals surface area (Å²) in [4.78, 5) is 11.5. The highest BCUT2D eigenvalue weighted by atomic mass is 79.9. The van der Waals surface area contributed by atoms with Crippen LogP contribution in [0, 0.1) is 0 Å². The highest BCUT2D eigenvalue weighted by molar-refractivity contribution is 9.10. The third kappa shape index (κ3) is 6.39. The van der Waals surface area contributed by atoms with Crippen LogP contribution < -0.4 is 0 Å². The van der Waals surface area contributed by atoms with Gasteiger partial charge < -0.3 is 4.90 Å². The second kappa shape index (κ2) is 12.1. The fourth-order valence-electron chi connectivity index (χ4n) is 3.40. The van der Waals surface area contributed by atoms with Gasteiger partial charge in [0.2, 0.25) is 0 Å². The molecule has 1 aliphatic heterocycles. The summed E-state index contributed by atoms with van der Waals surface area (Å²) in [5.74, 6) is 1.73. The van der Waals surface area contributed by atoms with Crippen LogP contribution in [0.15, 0.2) is 118 Å². The largest absolute Gasteiger partial charge is 0.337 e. The number of nitrogens with zero attached hydrogens (tertiary/aromatic N) is 3. The summed E-state index contributed by atoms with van der Waals surface area (Å²) in [6, 6.07) is 35.0. The second-order valence-corrected chi connectivity index (χ2v) is 8.27. The lowest BCUT2D eigenvalue weighted by atomic mass is 10.1. The SMILES string of the molecule is CC.CC1N=C(c2cccc(Br)c2)N=C(c2ccccc2)N1C.c1ccc2ccccc2c1. The van der Waals surface area contributed by atoms with E-state index in [0.29, 0.717) is 0 Å². The van der Waals surface area contributed by atoms with Gasteiger partial charge in [-0.1, -0.05) is 121 Å². The van der Waals surface area contributed by atoms with Crippen LogP contribution in [0.3, 0.4) is 0 Å². The monoisotopic (exact) mass is 499 g/mol. The first kappa shape index (κ1) is 24.4. The van der Waals surface area contributed by atoms with E-state index in [1.165, 1.54) is 10.8 Å². The smallest absolute Gasteiger partial charge is 0.159 e. The zero-order valence-electron chi connectivity index (χ0n) is 19.6. The van der Waals surface area contributed by atoms with Crippen LogP contribution >= 0.6 is 15.9 Å². The molecule has 1 aliphatic rings. The van der Waals surface area contributed by atoms with Crippen LogP contribution in [0.4, 0.5) is 0 Å². The minimum Gasteiger partial charge on any atom is -0.337 e. The molecule has 0 aliphatic carbocycles. The average molecular weight is 500 g/mol. The predicted octanol–water partition coefficient (Wildman–Crippen LogP) is 7.80. The standard InChI is InChI=1S/C17H16BrN3.C10H8.C2H6/c1-12-19-16(14-9-6-10-15(18)11-14)20-17(21(12)2)13-7-4-3-5-8-13;1-2-6-10-8-4-3-7-9(10)5-1;1-2/h3-12H,1-2H3;1-8H;1-2H3. The first-order chi connectivity index (χ1) is 16.1. The summed E-state index contributed by atoms with van der Waals surface area (Å²) < 4.78 is 1.03. The topological polar surface area (TPSA) is 28.0 Å². The van der Waals surface area contributed by atoms with E-state index in [-0.39, 0.29) is 6.17 Å². The molecule has 0 bridgehead atoms. The van der Waals surface area contributed by atoms with Crippen molar-refractivity contribution in [1.29, 1.82) is 0 Å².